The van der Waals surface area contributed by atoms with Gasteiger partial charge in [0.2, 0.25) is 5.91 Å². The van der Waals surface area contributed by atoms with Crippen LogP contribution in [0.5, 0.6) is 0 Å². The fourth-order valence-electron chi connectivity index (χ4n) is 3.25. The molecule has 1 fully saturated rings. The lowest BCUT2D eigenvalue weighted by atomic mass is 10.0. The molecule has 26 heavy (non-hydrogen) atoms. The highest BCUT2D eigenvalue weighted by Gasteiger charge is 2.24. The third kappa shape index (κ3) is 4.49. The van der Waals surface area contributed by atoms with E-state index in [4.69, 9.17) is 0 Å². The second-order valence-electron chi connectivity index (χ2n) is 6.64. The summed E-state index contributed by atoms with van der Waals surface area (Å²) in [6, 6.07) is 16.3. The van der Waals surface area contributed by atoms with Crippen molar-refractivity contribution in [2.45, 2.75) is 37.8 Å². The summed E-state index contributed by atoms with van der Waals surface area (Å²) in [6.07, 6.45) is 4.13. The van der Waals surface area contributed by atoms with E-state index in [1.165, 1.54) is 0 Å². The van der Waals surface area contributed by atoms with Gasteiger partial charge in [-0.15, -0.1) is 0 Å². The summed E-state index contributed by atoms with van der Waals surface area (Å²) in [7, 11) is 0. The average Bonchev–Trinajstić information content (AvgIpc) is 3.19. The van der Waals surface area contributed by atoms with Crippen LogP contribution in [0.25, 0.3) is 11.1 Å². The molecule has 136 valence electrons. The van der Waals surface area contributed by atoms with Gasteiger partial charge in [-0.25, -0.2) is 0 Å². The molecule has 5 nitrogen and oxygen atoms in total. The van der Waals surface area contributed by atoms with Crippen LogP contribution < -0.4 is 10.6 Å². The molecule has 0 aliphatic heterocycles. The second kappa shape index (κ2) is 8.63. The van der Waals surface area contributed by atoms with Gasteiger partial charge in [0.15, 0.2) is 0 Å². The monoisotopic (exact) mass is 352 g/mol. The van der Waals surface area contributed by atoms with E-state index in [0.717, 1.165) is 36.8 Å². The van der Waals surface area contributed by atoms with Gasteiger partial charge in [0.05, 0.1) is 6.61 Å². The first kappa shape index (κ1) is 18.1. The van der Waals surface area contributed by atoms with E-state index in [1.54, 1.807) is 12.1 Å². The Morgan fingerprint density at radius 1 is 0.962 bits per heavy atom. The first-order valence-corrected chi connectivity index (χ1v) is 9.05. The Kier molecular flexibility index (Phi) is 6.02. The van der Waals surface area contributed by atoms with Gasteiger partial charge in [0.25, 0.3) is 5.91 Å². The van der Waals surface area contributed by atoms with Gasteiger partial charge >= 0.3 is 0 Å². The molecule has 0 spiro atoms. The third-order valence-electron chi connectivity index (χ3n) is 4.76. The normalized spacial score (nSPS) is 15.4. The predicted octanol–water partition coefficient (Wildman–Crippen LogP) is 2.50. The van der Waals surface area contributed by atoms with Crippen LogP contribution in [0.15, 0.2) is 54.6 Å². The van der Waals surface area contributed by atoms with Gasteiger partial charge < -0.3 is 15.7 Å². The zero-order chi connectivity index (χ0) is 18.4. The van der Waals surface area contributed by atoms with Crippen molar-refractivity contribution in [1.29, 1.82) is 0 Å². The molecule has 2 aromatic carbocycles. The molecule has 5 heteroatoms. The maximum absolute atomic E-state index is 12.4. The van der Waals surface area contributed by atoms with Gasteiger partial charge in [0.1, 0.15) is 6.04 Å². The van der Waals surface area contributed by atoms with Crippen LogP contribution in [0.2, 0.25) is 0 Å². The second-order valence-corrected chi connectivity index (χ2v) is 6.64. The molecule has 2 aromatic rings. The van der Waals surface area contributed by atoms with E-state index in [1.807, 2.05) is 42.5 Å². The number of aliphatic hydroxyl groups is 1. The molecule has 0 heterocycles. The molecule has 3 N–H and O–H groups in total. The topological polar surface area (TPSA) is 78.4 Å². The predicted molar refractivity (Wildman–Crippen MR) is 101 cm³/mol. The number of carbonyl (C=O) groups is 2. The van der Waals surface area contributed by atoms with Crippen molar-refractivity contribution in [2.75, 3.05) is 6.61 Å². The van der Waals surface area contributed by atoms with Crippen LogP contribution in [0.3, 0.4) is 0 Å². The lowest BCUT2D eigenvalue weighted by Crippen LogP contribution is -2.51. The summed E-state index contributed by atoms with van der Waals surface area (Å²) in [6.45, 7) is -0.424. The van der Waals surface area contributed by atoms with Crippen molar-refractivity contribution in [3.05, 3.63) is 60.2 Å². The molecule has 0 radical (unpaired) electrons. The Labute approximate surface area is 153 Å². The van der Waals surface area contributed by atoms with Crippen molar-refractivity contribution in [2.24, 2.45) is 0 Å². The molecular formula is C21H24N2O3. The van der Waals surface area contributed by atoms with Crippen LogP contribution in [-0.4, -0.2) is 35.6 Å². The van der Waals surface area contributed by atoms with Gasteiger partial charge in [-0.2, -0.15) is 0 Å². The van der Waals surface area contributed by atoms with E-state index >= 15 is 0 Å². The zero-order valence-electron chi connectivity index (χ0n) is 14.7. The van der Waals surface area contributed by atoms with Crippen LogP contribution in [-0.2, 0) is 4.79 Å². The minimum atomic E-state index is -0.933. The number of aliphatic hydroxyl groups excluding tert-OH is 1. The van der Waals surface area contributed by atoms with E-state index in [2.05, 4.69) is 10.6 Å². The maximum atomic E-state index is 12.4. The Morgan fingerprint density at radius 3 is 2.19 bits per heavy atom. The molecule has 0 bridgehead atoms. The van der Waals surface area contributed by atoms with Gasteiger partial charge in [0, 0.05) is 11.6 Å². The van der Waals surface area contributed by atoms with Crippen LogP contribution in [0.4, 0.5) is 0 Å². The first-order valence-electron chi connectivity index (χ1n) is 9.05. The van der Waals surface area contributed by atoms with E-state index in [0.29, 0.717) is 5.56 Å². The Bertz CT molecular complexity index is 738. The van der Waals surface area contributed by atoms with Crippen LogP contribution in [0.1, 0.15) is 36.0 Å². The highest BCUT2D eigenvalue weighted by molar-refractivity contribution is 5.98. The number of rotatable bonds is 6. The first-order chi connectivity index (χ1) is 12.7. The van der Waals surface area contributed by atoms with Gasteiger partial charge in [-0.05, 0) is 36.1 Å². The molecule has 0 saturated heterocycles. The average molecular weight is 352 g/mol. The standard InChI is InChI=1S/C21H24N2O3/c24-14-19(21(26)22-18-8-4-5-9-18)23-20(25)17-12-10-16(11-13-17)15-6-2-1-3-7-15/h1-3,6-7,10-13,18-19,24H,4-5,8-9,14H2,(H,22,26)(H,23,25)/t19-/m0/s1. The molecule has 1 aliphatic carbocycles. The number of carbonyl (C=O) groups excluding carboxylic acids is 2. The highest BCUT2D eigenvalue weighted by atomic mass is 16.3. The van der Waals surface area contributed by atoms with Crippen molar-refractivity contribution in [3.8, 4) is 11.1 Å². The van der Waals surface area contributed by atoms with Crippen molar-refractivity contribution in [1.82, 2.24) is 10.6 Å². The molecule has 2 amide bonds. The SMILES string of the molecule is O=C(N[C@@H](CO)C(=O)NC1CCCC1)c1ccc(-c2ccccc2)cc1. The summed E-state index contributed by atoms with van der Waals surface area (Å²) < 4.78 is 0. The van der Waals surface area contributed by atoms with Gasteiger partial charge in [-0.1, -0.05) is 55.3 Å². The third-order valence-corrected chi connectivity index (χ3v) is 4.76. The van der Waals surface area contributed by atoms with E-state index in [-0.39, 0.29) is 17.9 Å². The summed E-state index contributed by atoms with van der Waals surface area (Å²) in [5, 5.41) is 15.0. The highest BCUT2D eigenvalue weighted by Crippen LogP contribution is 2.19. The zero-order valence-corrected chi connectivity index (χ0v) is 14.7. The van der Waals surface area contributed by atoms with Crippen molar-refractivity contribution < 1.29 is 14.7 Å². The lowest BCUT2D eigenvalue weighted by Gasteiger charge is -2.19. The summed E-state index contributed by atoms with van der Waals surface area (Å²) in [5.41, 5.74) is 2.54. The van der Waals surface area contributed by atoms with E-state index in [9.17, 15) is 14.7 Å². The summed E-state index contributed by atoms with van der Waals surface area (Å²) in [5.74, 6) is -0.695. The molecule has 1 atom stereocenters. The quantitative estimate of drug-likeness (QED) is 0.747. The number of benzene rings is 2. The van der Waals surface area contributed by atoms with E-state index < -0.39 is 12.6 Å². The minimum absolute atomic E-state index is 0.151. The lowest BCUT2D eigenvalue weighted by molar-refractivity contribution is -0.124. The fourth-order valence-corrected chi connectivity index (χ4v) is 3.25. The van der Waals surface area contributed by atoms with Crippen LogP contribution >= 0.6 is 0 Å². The summed E-state index contributed by atoms with van der Waals surface area (Å²) in [4.78, 5) is 24.7. The molecular weight excluding hydrogens is 328 g/mol. The smallest absolute Gasteiger partial charge is 0.251 e. The molecule has 1 aliphatic rings. The molecule has 3 rings (SSSR count). The van der Waals surface area contributed by atoms with Crippen molar-refractivity contribution in [3.63, 3.8) is 0 Å². The number of nitrogens with one attached hydrogen (secondary N) is 2. The van der Waals surface area contributed by atoms with Crippen LogP contribution in [0, 0.1) is 0 Å². The maximum Gasteiger partial charge on any atom is 0.251 e. The Hall–Kier alpha value is -2.66. The molecule has 0 aromatic heterocycles. The largest absolute Gasteiger partial charge is 0.394 e. The Balaban J connectivity index is 1.61. The Morgan fingerprint density at radius 2 is 1.58 bits per heavy atom. The summed E-state index contributed by atoms with van der Waals surface area (Å²) >= 11 is 0. The molecule has 1 saturated carbocycles. The fraction of sp³-hybridized carbons (Fsp3) is 0.333. The molecule has 0 unspecified atom stereocenters. The number of hydrogen-bond donors (Lipinski definition) is 3. The number of amides is 2. The van der Waals surface area contributed by atoms with Crippen molar-refractivity contribution >= 4 is 11.8 Å². The minimum Gasteiger partial charge on any atom is -0.394 e. The number of hydrogen-bond acceptors (Lipinski definition) is 3. The van der Waals surface area contributed by atoms with Gasteiger partial charge in [-0.3, -0.25) is 9.59 Å².